The van der Waals surface area contributed by atoms with Gasteiger partial charge in [0.1, 0.15) is 0 Å². The molecule has 0 saturated heterocycles. The largest absolute Gasteiger partial charge is 0.504 e. The maximum atomic E-state index is 13.6. The van der Waals surface area contributed by atoms with Gasteiger partial charge in [-0.3, -0.25) is 0 Å². The van der Waals surface area contributed by atoms with Gasteiger partial charge in [0, 0.05) is 12.6 Å². The fourth-order valence-electron chi connectivity index (χ4n) is 3.85. The molecular weight excluding hydrogens is 498 g/mol. The molecule has 0 aliphatic carbocycles. The summed E-state index contributed by atoms with van der Waals surface area (Å²) in [5.41, 5.74) is 2.83. The monoisotopic (exact) mass is 531 g/mol. The minimum absolute atomic E-state index is 0.143. The molecule has 0 amide bonds. The molecule has 0 aliphatic heterocycles. The molecule has 3 aromatic carbocycles. The lowest BCUT2D eigenvalue weighted by atomic mass is 10.0. The van der Waals surface area contributed by atoms with E-state index < -0.39 is 36.4 Å². The van der Waals surface area contributed by atoms with Gasteiger partial charge in [-0.25, -0.2) is 16.8 Å². The standard InChI is InChI=1S/C27H33NO6S2/c1-3-4-5-6-7-8-19-28(36(33,34)25-17-18-26(29)27(30)20-25)35(31,32)24-15-13-23(14-16-24)22-11-9-21(2)10-12-22/h9-18,20,29-30H,3-8,19H2,1-2H3. The summed E-state index contributed by atoms with van der Waals surface area (Å²) in [4.78, 5) is -0.556. The Kier molecular flexibility index (Phi) is 9.16. The molecule has 0 aromatic heterocycles. The fourth-order valence-corrected chi connectivity index (χ4v) is 7.59. The van der Waals surface area contributed by atoms with Crippen molar-refractivity contribution < 1.29 is 27.0 Å². The molecule has 9 heteroatoms. The molecule has 0 spiro atoms. The molecule has 0 heterocycles. The van der Waals surface area contributed by atoms with Crippen LogP contribution < -0.4 is 0 Å². The van der Waals surface area contributed by atoms with Gasteiger partial charge in [-0.1, -0.05) is 84.7 Å². The first-order valence-corrected chi connectivity index (χ1v) is 14.9. The van der Waals surface area contributed by atoms with E-state index in [9.17, 15) is 27.0 Å². The Morgan fingerprint density at radius 2 is 1.14 bits per heavy atom. The lowest BCUT2D eigenvalue weighted by molar-refractivity contribution is 0.402. The van der Waals surface area contributed by atoms with Crippen LogP contribution >= 0.6 is 0 Å². The summed E-state index contributed by atoms with van der Waals surface area (Å²) in [6, 6.07) is 16.9. The molecule has 2 N–H and O–H groups in total. The van der Waals surface area contributed by atoms with E-state index in [1.807, 2.05) is 31.2 Å². The van der Waals surface area contributed by atoms with Gasteiger partial charge in [-0.05, 0) is 48.7 Å². The first-order valence-electron chi connectivity index (χ1n) is 12.0. The second-order valence-electron chi connectivity index (χ2n) is 8.82. The van der Waals surface area contributed by atoms with Crippen LogP contribution in [-0.4, -0.2) is 37.3 Å². The van der Waals surface area contributed by atoms with Crippen molar-refractivity contribution in [1.29, 1.82) is 0 Å². The van der Waals surface area contributed by atoms with Crippen LogP contribution in [0.4, 0.5) is 0 Å². The van der Waals surface area contributed by atoms with Crippen molar-refractivity contribution in [3.05, 3.63) is 72.3 Å². The number of aromatic hydroxyl groups is 2. The lowest BCUT2D eigenvalue weighted by Crippen LogP contribution is -2.37. The van der Waals surface area contributed by atoms with E-state index in [4.69, 9.17) is 0 Å². The van der Waals surface area contributed by atoms with Crippen LogP contribution in [0.3, 0.4) is 0 Å². The Balaban J connectivity index is 1.94. The Hall–Kier alpha value is -2.88. The highest BCUT2D eigenvalue weighted by molar-refractivity contribution is 8.04. The number of unbranched alkanes of at least 4 members (excludes halogenated alkanes) is 5. The molecule has 0 atom stereocenters. The van der Waals surface area contributed by atoms with E-state index >= 15 is 0 Å². The molecule has 0 fully saturated rings. The topological polar surface area (TPSA) is 112 Å². The van der Waals surface area contributed by atoms with Crippen LogP contribution in [0, 0.1) is 6.92 Å². The van der Waals surface area contributed by atoms with Crippen LogP contribution in [-0.2, 0) is 20.0 Å². The summed E-state index contributed by atoms with van der Waals surface area (Å²) in [7, 11) is -8.97. The summed E-state index contributed by atoms with van der Waals surface area (Å²) < 4.78 is 54.6. The summed E-state index contributed by atoms with van der Waals surface area (Å²) in [6.07, 6.45) is 5.08. The first kappa shape index (κ1) is 27.7. The molecule has 194 valence electrons. The maximum absolute atomic E-state index is 13.6. The third-order valence-electron chi connectivity index (χ3n) is 6.01. The Morgan fingerprint density at radius 1 is 0.639 bits per heavy atom. The molecule has 3 rings (SSSR count). The number of phenols is 2. The molecular formula is C27H33NO6S2. The highest BCUT2D eigenvalue weighted by atomic mass is 32.3. The maximum Gasteiger partial charge on any atom is 0.256 e. The zero-order valence-electron chi connectivity index (χ0n) is 20.6. The van der Waals surface area contributed by atoms with Gasteiger partial charge >= 0.3 is 0 Å². The van der Waals surface area contributed by atoms with Crippen LogP contribution in [0.2, 0.25) is 0 Å². The minimum atomic E-state index is -4.54. The fraction of sp³-hybridized carbons (Fsp3) is 0.333. The van der Waals surface area contributed by atoms with Crippen molar-refractivity contribution in [2.24, 2.45) is 0 Å². The average molecular weight is 532 g/mol. The summed E-state index contributed by atoms with van der Waals surface area (Å²) in [5.74, 6) is -1.14. The molecule has 0 aliphatic rings. The van der Waals surface area contributed by atoms with Crippen molar-refractivity contribution in [3.8, 4) is 22.6 Å². The Morgan fingerprint density at radius 3 is 1.72 bits per heavy atom. The van der Waals surface area contributed by atoms with Gasteiger partial charge in [-0.2, -0.15) is 0 Å². The Labute approximate surface area is 214 Å². The molecule has 3 aromatic rings. The van der Waals surface area contributed by atoms with Crippen molar-refractivity contribution >= 4 is 20.0 Å². The predicted octanol–water partition coefficient (Wildman–Crippen LogP) is 5.81. The van der Waals surface area contributed by atoms with E-state index in [2.05, 4.69) is 6.92 Å². The molecule has 0 radical (unpaired) electrons. The highest BCUT2D eigenvalue weighted by Gasteiger charge is 2.36. The second-order valence-corrected chi connectivity index (χ2v) is 12.8. The van der Waals surface area contributed by atoms with E-state index in [1.54, 1.807) is 12.1 Å². The molecule has 36 heavy (non-hydrogen) atoms. The summed E-state index contributed by atoms with van der Waals surface area (Å²) in [6.45, 7) is 3.85. The van der Waals surface area contributed by atoms with Crippen molar-refractivity contribution in [2.45, 2.75) is 62.2 Å². The number of hydrogen-bond acceptors (Lipinski definition) is 6. The highest BCUT2D eigenvalue weighted by Crippen LogP contribution is 2.32. The van der Waals surface area contributed by atoms with Gasteiger partial charge in [-0.15, -0.1) is 0 Å². The van der Waals surface area contributed by atoms with E-state index in [0.717, 1.165) is 60.6 Å². The number of rotatable bonds is 12. The normalized spacial score (nSPS) is 12.2. The third-order valence-corrected chi connectivity index (χ3v) is 10.3. The number of phenolic OH excluding ortho intramolecular Hbond substituents is 2. The molecule has 0 saturated carbocycles. The van der Waals surface area contributed by atoms with Gasteiger partial charge in [0.15, 0.2) is 11.5 Å². The van der Waals surface area contributed by atoms with Crippen LogP contribution in [0.5, 0.6) is 11.5 Å². The second kappa shape index (κ2) is 11.9. The van der Waals surface area contributed by atoms with Crippen LogP contribution in [0.15, 0.2) is 76.5 Å². The number of sulfonamides is 2. The quantitative estimate of drug-likeness (QED) is 0.225. The first-order chi connectivity index (χ1) is 17.1. The van der Waals surface area contributed by atoms with Gasteiger partial charge < -0.3 is 10.2 Å². The van der Waals surface area contributed by atoms with Crippen molar-refractivity contribution in [1.82, 2.24) is 3.71 Å². The van der Waals surface area contributed by atoms with E-state index in [0.29, 0.717) is 16.6 Å². The van der Waals surface area contributed by atoms with Gasteiger partial charge in [0.05, 0.1) is 9.79 Å². The minimum Gasteiger partial charge on any atom is -0.504 e. The number of benzene rings is 3. The molecule has 0 unspecified atom stereocenters. The van der Waals surface area contributed by atoms with Crippen molar-refractivity contribution in [3.63, 3.8) is 0 Å². The number of aryl methyl sites for hydroxylation is 1. The van der Waals surface area contributed by atoms with Crippen LogP contribution in [0.1, 0.15) is 51.0 Å². The lowest BCUT2D eigenvalue weighted by Gasteiger charge is -2.22. The van der Waals surface area contributed by atoms with Crippen LogP contribution in [0.25, 0.3) is 11.1 Å². The SMILES string of the molecule is CCCCCCCCN(S(=O)(=O)c1ccc(-c2ccc(C)cc2)cc1)S(=O)(=O)c1ccc(O)c(O)c1. The molecule has 0 bridgehead atoms. The van der Waals surface area contributed by atoms with Gasteiger partial charge in [0.2, 0.25) is 0 Å². The summed E-state index contributed by atoms with van der Waals surface area (Å²) in [5, 5.41) is 19.4. The summed E-state index contributed by atoms with van der Waals surface area (Å²) >= 11 is 0. The van der Waals surface area contributed by atoms with E-state index in [-0.39, 0.29) is 11.4 Å². The predicted molar refractivity (Wildman–Crippen MR) is 141 cm³/mol. The number of nitrogens with zero attached hydrogens (tertiary/aromatic N) is 1. The smallest absolute Gasteiger partial charge is 0.256 e. The average Bonchev–Trinajstić information content (AvgIpc) is 2.85. The zero-order valence-corrected chi connectivity index (χ0v) is 22.2. The molecule has 7 nitrogen and oxygen atoms in total. The van der Waals surface area contributed by atoms with E-state index in [1.165, 1.54) is 12.1 Å². The Bertz CT molecular complexity index is 1370. The number of hydrogen-bond donors (Lipinski definition) is 2. The van der Waals surface area contributed by atoms with Crippen molar-refractivity contribution in [2.75, 3.05) is 6.54 Å². The zero-order chi connectivity index (χ0) is 26.3. The third kappa shape index (κ3) is 6.46. The van der Waals surface area contributed by atoms with Gasteiger partial charge in [0.25, 0.3) is 20.0 Å².